The molecule has 0 aliphatic carbocycles. The predicted octanol–water partition coefficient (Wildman–Crippen LogP) is 2.81. The van der Waals surface area contributed by atoms with E-state index < -0.39 is 0 Å². The zero-order valence-corrected chi connectivity index (χ0v) is 17.5. The largest absolute Gasteiger partial charge is 0.335 e. The van der Waals surface area contributed by atoms with Crippen molar-refractivity contribution in [1.29, 1.82) is 0 Å². The van der Waals surface area contributed by atoms with E-state index in [4.69, 9.17) is 11.6 Å². The van der Waals surface area contributed by atoms with Crippen LogP contribution in [0.4, 0.5) is 0 Å². The van der Waals surface area contributed by atoms with Crippen LogP contribution < -0.4 is 0 Å². The molecule has 7 nitrogen and oxygen atoms in total. The van der Waals surface area contributed by atoms with Crippen molar-refractivity contribution in [1.82, 2.24) is 29.4 Å². The maximum atomic E-state index is 12.8. The van der Waals surface area contributed by atoms with Gasteiger partial charge in [0, 0.05) is 49.6 Å². The number of piperazine rings is 1. The summed E-state index contributed by atoms with van der Waals surface area (Å²) in [6.45, 7) is 8.46. The molecule has 1 aliphatic heterocycles. The highest BCUT2D eigenvalue weighted by Crippen LogP contribution is 2.14. The monoisotopic (exact) mass is 412 g/mol. The van der Waals surface area contributed by atoms with E-state index in [1.165, 1.54) is 5.56 Å². The summed E-state index contributed by atoms with van der Waals surface area (Å²) in [6, 6.07) is 11.7. The molecule has 0 unspecified atom stereocenters. The van der Waals surface area contributed by atoms with Crippen LogP contribution in [-0.2, 0) is 13.2 Å². The molecule has 1 amide bonds. The van der Waals surface area contributed by atoms with Gasteiger partial charge in [-0.25, -0.2) is 4.68 Å². The van der Waals surface area contributed by atoms with Gasteiger partial charge < -0.3 is 4.90 Å². The minimum atomic E-state index is -0.0109. The molecule has 1 saturated heterocycles. The number of carbonyl (C=O) groups is 1. The van der Waals surface area contributed by atoms with Gasteiger partial charge in [0.2, 0.25) is 0 Å². The normalized spacial score (nSPS) is 15.1. The molecule has 152 valence electrons. The van der Waals surface area contributed by atoms with Gasteiger partial charge in [-0.15, -0.1) is 0 Å². The Hall–Kier alpha value is -2.64. The molecular weight excluding hydrogens is 388 g/mol. The molecule has 29 heavy (non-hydrogen) atoms. The Kier molecular flexibility index (Phi) is 5.69. The van der Waals surface area contributed by atoms with Gasteiger partial charge >= 0.3 is 0 Å². The summed E-state index contributed by atoms with van der Waals surface area (Å²) >= 11 is 5.95. The SMILES string of the molecule is Cc1cc(C)n(Cn2ccc(C(=O)N3CCN(Cc4ccc(Cl)cc4)CC3)n2)n1. The standard InChI is InChI=1S/C21H25ClN6O/c1-16-13-17(2)28(23-16)15-27-8-7-20(24-27)21(29)26-11-9-25(10-12-26)14-18-3-5-19(22)6-4-18/h3-8,13H,9-12,14-15H2,1-2H3. The second kappa shape index (κ2) is 8.39. The van der Waals surface area contributed by atoms with E-state index in [9.17, 15) is 4.79 Å². The van der Waals surface area contributed by atoms with E-state index >= 15 is 0 Å². The third kappa shape index (κ3) is 4.68. The fraction of sp³-hybridized carbons (Fsp3) is 0.381. The molecule has 0 spiro atoms. The zero-order chi connectivity index (χ0) is 20.4. The first kappa shape index (κ1) is 19.7. The number of hydrogen-bond acceptors (Lipinski definition) is 4. The topological polar surface area (TPSA) is 59.2 Å². The lowest BCUT2D eigenvalue weighted by Crippen LogP contribution is -2.48. The van der Waals surface area contributed by atoms with Crippen LogP contribution in [0.1, 0.15) is 27.4 Å². The third-order valence-electron chi connectivity index (χ3n) is 5.22. The first-order chi connectivity index (χ1) is 14.0. The summed E-state index contributed by atoms with van der Waals surface area (Å²) < 4.78 is 3.63. The molecule has 1 fully saturated rings. The predicted molar refractivity (Wildman–Crippen MR) is 112 cm³/mol. The van der Waals surface area contributed by atoms with Crippen molar-refractivity contribution in [2.24, 2.45) is 0 Å². The fourth-order valence-electron chi connectivity index (χ4n) is 3.63. The van der Waals surface area contributed by atoms with Crippen molar-refractivity contribution < 1.29 is 4.79 Å². The lowest BCUT2D eigenvalue weighted by atomic mass is 10.2. The molecule has 0 N–H and O–H groups in total. The Balaban J connectivity index is 1.32. The zero-order valence-electron chi connectivity index (χ0n) is 16.8. The number of aromatic nitrogens is 4. The second-order valence-electron chi connectivity index (χ2n) is 7.50. The smallest absolute Gasteiger partial charge is 0.274 e. The molecule has 1 aliphatic rings. The van der Waals surface area contributed by atoms with Crippen LogP contribution >= 0.6 is 11.6 Å². The molecule has 4 rings (SSSR count). The molecule has 2 aromatic heterocycles. The summed E-state index contributed by atoms with van der Waals surface area (Å²) in [5.41, 5.74) is 3.76. The molecule has 8 heteroatoms. The highest BCUT2D eigenvalue weighted by molar-refractivity contribution is 6.30. The van der Waals surface area contributed by atoms with Gasteiger partial charge in [-0.1, -0.05) is 23.7 Å². The number of nitrogens with zero attached hydrogens (tertiary/aromatic N) is 6. The minimum absolute atomic E-state index is 0.0109. The number of amides is 1. The Bertz CT molecular complexity index is 985. The van der Waals surface area contributed by atoms with Crippen LogP contribution in [0.2, 0.25) is 5.02 Å². The van der Waals surface area contributed by atoms with Gasteiger partial charge in [0.05, 0.1) is 5.69 Å². The molecule has 3 aromatic rings. The Labute approximate surface area is 175 Å². The summed E-state index contributed by atoms with van der Waals surface area (Å²) in [6.07, 6.45) is 1.83. The lowest BCUT2D eigenvalue weighted by Gasteiger charge is -2.34. The van der Waals surface area contributed by atoms with Gasteiger partial charge in [-0.2, -0.15) is 10.2 Å². The Morgan fingerprint density at radius 1 is 1.03 bits per heavy atom. The number of hydrogen-bond donors (Lipinski definition) is 0. The number of aryl methyl sites for hydroxylation is 2. The molecule has 0 bridgehead atoms. The van der Waals surface area contributed by atoms with Crippen molar-refractivity contribution in [3.05, 3.63) is 70.3 Å². The van der Waals surface area contributed by atoms with E-state index in [1.54, 1.807) is 10.7 Å². The van der Waals surface area contributed by atoms with Crippen LogP contribution in [0.15, 0.2) is 42.6 Å². The van der Waals surface area contributed by atoms with E-state index in [0.717, 1.165) is 36.0 Å². The summed E-state index contributed by atoms with van der Waals surface area (Å²) in [5, 5.41) is 9.66. The van der Waals surface area contributed by atoms with Crippen molar-refractivity contribution in [3.63, 3.8) is 0 Å². The number of benzene rings is 1. The van der Waals surface area contributed by atoms with Gasteiger partial charge in [0.25, 0.3) is 5.91 Å². The number of rotatable bonds is 5. The molecule has 1 aromatic carbocycles. The van der Waals surface area contributed by atoms with Crippen LogP contribution in [0.5, 0.6) is 0 Å². The summed E-state index contributed by atoms with van der Waals surface area (Å²) in [5.74, 6) is -0.0109. The molecular formula is C21H25ClN6O. The number of carbonyl (C=O) groups excluding carboxylic acids is 1. The number of halogens is 1. The second-order valence-corrected chi connectivity index (χ2v) is 7.94. The first-order valence-corrected chi connectivity index (χ1v) is 10.2. The molecule has 0 radical (unpaired) electrons. The van der Waals surface area contributed by atoms with Crippen LogP contribution in [-0.4, -0.2) is 61.4 Å². The van der Waals surface area contributed by atoms with E-state index in [0.29, 0.717) is 25.5 Å². The summed E-state index contributed by atoms with van der Waals surface area (Å²) in [4.78, 5) is 17.1. The average molecular weight is 413 g/mol. The Morgan fingerprint density at radius 3 is 2.41 bits per heavy atom. The fourth-order valence-corrected chi connectivity index (χ4v) is 3.75. The van der Waals surface area contributed by atoms with Crippen molar-refractivity contribution >= 4 is 17.5 Å². The maximum Gasteiger partial charge on any atom is 0.274 e. The first-order valence-electron chi connectivity index (χ1n) is 9.78. The minimum Gasteiger partial charge on any atom is -0.335 e. The van der Waals surface area contributed by atoms with Gasteiger partial charge in [-0.05, 0) is 43.7 Å². The van der Waals surface area contributed by atoms with Gasteiger partial charge in [-0.3, -0.25) is 14.4 Å². The maximum absolute atomic E-state index is 12.8. The van der Waals surface area contributed by atoms with E-state index in [-0.39, 0.29) is 5.91 Å². The van der Waals surface area contributed by atoms with Crippen LogP contribution in [0, 0.1) is 13.8 Å². The van der Waals surface area contributed by atoms with E-state index in [2.05, 4.69) is 27.2 Å². The van der Waals surface area contributed by atoms with Crippen LogP contribution in [0.25, 0.3) is 0 Å². The molecule has 3 heterocycles. The van der Waals surface area contributed by atoms with Crippen molar-refractivity contribution in [3.8, 4) is 0 Å². The van der Waals surface area contributed by atoms with Gasteiger partial charge in [0.15, 0.2) is 0 Å². The third-order valence-corrected chi connectivity index (χ3v) is 5.47. The quantitative estimate of drug-likeness (QED) is 0.646. The average Bonchev–Trinajstić information content (AvgIpc) is 3.30. The molecule has 0 saturated carbocycles. The Morgan fingerprint density at radius 2 is 1.76 bits per heavy atom. The van der Waals surface area contributed by atoms with Crippen molar-refractivity contribution in [2.75, 3.05) is 26.2 Å². The highest BCUT2D eigenvalue weighted by atomic mass is 35.5. The summed E-state index contributed by atoms with van der Waals surface area (Å²) in [7, 11) is 0. The highest BCUT2D eigenvalue weighted by Gasteiger charge is 2.23. The molecule has 0 atom stereocenters. The van der Waals surface area contributed by atoms with Crippen molar-refractivity contribution in [2.45, 2.75) is 27.1 Å². The lowest BCUT2D eigenvalue weighted by molar-refractivity contribution is 0.0621. The van der Waals surface area contributed by atoms with E-state index in [1.807, 2.05) is 47.8 Å². The van der Waals surface area contributed by atoms with Crippen LogP contribution in [0.3, 0.4) is 0 Å². The van der Waals surface area contributed by atoms with Gasteiger partial charge in [0.1, 0.15) is 12.4 Å².